The van der Waals surface area contributed by atoms with Gasteiger partial charge in [0.2, 0.25) is 10.0 Å². The van der Waals surface area contributed by atoms with E-state index in [-0.39, 0.29) is 23.8 Å². The summed E-state index contributed by atoms with van der Waals surface area (Å²) < 4.78 is 36.3. The van der Waals surface area contributed by atoms with E-state index in [0.29, 0.717) is 5.75 Å². The molecule has 1 aromatic carbocycles. The van der Waals surface area contributed by atoms with Crippen LogP contribution in [-0.2, 0) is 14.9 Å². The summed E-state index contributed by atoms with van der Waals surface area (Å²) >= 11 is 0. The number of hydrogen-bond acceptors (Lipinski definition) is 6. The lowest BCUT2D eigenvalue weighted by Crippen LogP contribution is -2.28. The Labute approximate surface area is 106 Å². The minimum Gasteiger partial charge on any atom is -0.497 e. The Bertz CT molecular complexity index is 489. The molecule has 8 heteroatoms. The second kappa shape index (κ2) is 6.55. The minimum atomic E-state index is -3.70. The summed E-state index contributed by atoms with van der Waals surface area (Å²) in [5.74, 6) is 5.47. The van der Waals surface area contributed by atoms with E-state index in [2.05, 4.69) is 9.56 Å². The number of nitrogens with two attached hydrogens (primary N) is 1. The molecule has 0 fully saturated rings. The quantitative estimate of drug-likeness (QED) is 0.531. The molecule has 18 heavy (non-hydrogen) atoms. The summed E-state index contributed by atoms with van der Waals surface area (Å²) in [5, 5.41) is 0. The van der Waals surface area contributed by atoms with Gasteiger partial charge in [-0.15, -0.1) is 0 Å². The van der Waals surface area contributed by atoms with Crippen LogP contribution in [0.3, 0.4) is 0 Å². The highest BCUT2D eigenvalue weighted by atomic mass is 32.2. The van der Waals surface area contributed by atoms with Gasteiger partial charge in [0.15, 0.2) is 0 Å². The Morgan fingerprint density at radius 2 is 2.00 bits per heavy atom. The highest BCUT2D eigenvalue weighted by Gasteiger charge is 2.19. The first-order chi connectivity index (χ1) is 8.55. The molecule has 0 bridgehead atoms. The van der Waals surface area contributed by atoms with E-state index >= 15 is 0 Å². The molecule has 0 saturated heterocycles. The predicted octanol–water partition coefficient (Wildman–Crippen LogP) is -0.128. The van der Waals surface area contributed by atoms with Crippen molar-refractivity contribution >= 4 is 10.0 Å². The van der Waals surface area contributed by atoms with Crippen LogP contribution in [0.2, 0.25) is 0 Å². The van der Waals surface area contributed by atoms with Gasteiger partial charge in [0, 0.05) is 12.6 Å². The Kier molecular flexibility index (Phi) is 5.35. The smallest absolute Gasteiger partial charge is 0.244 e. The van der Waals surface area contributed by atoms with Crippen molar-refractivity contribution in [1.82, 2.24) is 4.72 Å². The molecule has 0 aliphatic carbocycles. The number of ether oxygens (including phenoxy) is 2. The van der Waals surface area contributed by atoms with Crippen LogP contribution in [0.5, 0.6) is 11.5 Å². The molecular formula is C10H16N2O5S. The molecule has 0 aromatic heterocycles. The Balaban J connectivity index is 3.05. The molecular weight excluding hydrogens is 260 g/mol. The van der Waals surface area contributed by atoms with Crippen LogP contribution < -0.4 is 20.1 Å². The molecule has 1 rings (SSSR count). The molecule has 7 nitrogen and oxygen atoms in total. The normalized spacial score (nSPS) is 11.3. The SMILES string of the molecule is COc1ccc(OC)c(S(=O)(=O)NCCON)c1. The zero-order valence-corrected chi connectivity index (χ0v) is 11.0. The van der Waals surface area contributed by atoms with Crippen LogP contribution in [0.15, 0.2) is 23.1 Å². The molecule has 0 unspecified atom stereocenters. The molecule has 102 valence electrons. The summed E-state index contributed by atoms with van der Waals surface area (Å²) in [6.07, 6.45) is 0. The first kappa shape index (κ1) is 14.7. The fraction of sp³-hybridized carbons (Fsp3) is 0.400. The van der Waals surface area contributed by atoms with E-state index in [0.717, 1.165) is 0 Å². The van der Waals surface area contributed by atoms with Crippen LogP contribution in [0.25, 0.3) is 0 Å². The Morgan fingerprint density at radius 1 is 1.28 bits per heavy atom. The third-order valence-electron chi connectivity index (χ3n) is 2.17. The Morgan fingerprint density at radius 3 is 2.56 bits per heavy atom. The summed E-state index contributed by atoms with van der Waals surface area (Å²) in [6, 6.07) is 4.51. The standard InChI is InChI=1S/C10H16N2O5S/c1-15-8-3-4-9(16-2)10(7-8)18(13,14)12-5-6-17-11/h3-4,7,12H,5-6,11H2,1-2H3. The topological polar surface area (TPSA) is 99.9 Å². The second-order valence-corrected chi connectivity index (χ2v) is 5.02. The van der Waals surface area contributed by atoms with Crippen molar-refractivity contribution in [2.45, 2.75) is 4.90 Å². The molecule has 0 aliphatic rings. The summed E-state index contributed by atoms with van der Waals surface area (Å²) in [5.41, 5.74) is 0. The van der Waals surface area contributed by atoms with Crippen molar-refractivity contribution in [3.63, 3.8) is 0 Å². The van der Waals surface area contributed by atoms with E-state index in [1.807, 2.05) is 0 Å². The number of sulfonamides is 1. The predicted molar refractivity (Wildman–Crippen MR) is 64.9 cm³/mol. The van der Waals surface area contributed by atoms with Crippen LogP contribution in [-0.4, -0.2) is 35.8 Å². The van der Waals surface area contributed by atoms with E-state index < -0.39 is 10.0 Å². The number of hydrogen-bond donors (Lipinski definition) is 2. The van der Waals surface area contributed by atoms with E-state index in [4.69, 9.17) is 15.4 Å². The first-order valence-corrected chi connectivity index (χ1v) is 6.57. The Hall–Kier alpha value is -1.35. The molecule has 0 saturated carbocycles. The molecule has 1 aromatic rings. The fourth-order valence-corrected chi connectivity index (χ4v) is 2.50. The van der Waals surface area contributed by atoms with Gasteiger partial charge < -0.3 is 14.3 Å². The largest absolute Gasteiger partial charge is 0.497 e. The van der Waals surface area contributed by atoms with Crippen LogP contribution in [0, 0.1) is 0 Å². The molecule has 0 atom stereocenters. The number of rotatable bonds is 7. The van der Waals surface area contributed by atoms with Crippen LogP contribution >= 0.6 is 0 Å². The lowest BCUT2D eigenvalue weighted by Gasteiger charge is -2.11. The zero-order chi connectivity index (χ0) is 13.6. The third-order valence-corrected chi connectivity index (χ3v) is 3.65. The van der Waals surface area contributed by atoms with Crippen LogP contribution in [0.1, 0.15) is 0 Å². The number of methoxy groups -OCH3 is 2. The van der Waals surface area contributed by atoms with Gasteiger partial charge in [-0.1, -0.05) is 0 Å². The third kappa shape index (κ3) is 3.57. The molecule has 0 radical (unpaired) electrons. The van der Waals surface area contributed by atoms with Gasteiger partial charge in [-0.2, -0.15) is 0 Å². The second-order valence-electron chi connectivity index (χ2n) is 3.29. The fourth-order valence-electron chi connectivity index (χ4n) is 1.31. The van der Waals surface area contributed by atoms with Gasteiger partial charge in [-0.25, -0.2) is 19.0 Å². The zero-order valence-electron chi connectivity index (χ0n) is 10.2. The average Bonchev–Trinajstić information content (AvgIpc) is 2.38. The number of benzene rings is 1. The van der Waals surface area contributed by atoms with Crippen LogP contribution in [0.4, 0.5) is 0 Å². The van der Waals surface area contributed by atoms with Gasteiger partial charge in [-0.05, 0) is 12.1 Å². The highest BCUT2D eigenvalue weighted by molar-refractivity contribution is 7.89. The average molecular weight is 276 g/mol. The lowest BCUT2D eigenvalue weighted by atomic mass is 10.3. The minimum absolute atomic E-state index is 0.00127. The monoisotopic (exact) mass is 276 g/mol. The van der Waals surface area contributed by atoms with Crippen molar-refractivity contribution in [2.75, 3.05) is 27.4 Å². The molecule has 0 heterocycles. The maximum atomic E-state index is 12.0. The van der Waals surface area contributed by atoms with Crippen molar-refractivity contribution in [3.8, 4) is 11.5 Å². The van der Waals surface area contributed by atoms with Gasteiger partial charge in [-0.3, -0.25) is 0 Å². The van der Waals surface area contributed by atoms with Crippen molar-refractivity contribution < 1.29 is 22.7 Å². The van der Waals surface area contributed by atoms with Crippen molar-refractivity contribution in [1.29, 1.82) is 0 Å². The molecule has 3 N–H and O–H groups in total. The maximum absolute atomic E-state index is 12.0. The molecule has 0 amide bonds. The van der Waals surface area contributed by atoms with Crippen molar-refractivity contribution in [3.05, 3.63) is 18.2 Å². The number of nitrogens with one attached hydrogen (secondary N) is 1. The van der Waals surface area contributed by atoms with Gasteiger partial charge in [0.25, 0.3) is 0 Å². The summed E-state index contributed by atoms with van der Waals surface area (Å²) in [7, 11) is -0.853. The lowest BCUT2D eigenvalue weighted by molar-refractivity contribution is 0.143. The highest BCUT2D eigenvalue weighted by Crippen LogP contribution is 2.27. The van der Waals surface area contributed by atoms with Crippen molar-refractivity contribution in [2.24, 2.45) is 5.90 Å². The van der Waals surface area contributed by atoms with E-state index in [1.165, 1.54) is 26.4 Å². The van der Waals surface area contributed by atoms with Gasteiger partial charge in [0.05, 0.1) is 20.8 Å². The summed E-state index contributed by atoms with van der Waals surface area (Å²) in [4.78, 5) is 4.29. The van der Waals surface area contributed by atoms with Gasteiger partial charge in [0.1, 0.15) is 16.4 Å². The van der Waals surface area contributed by atoms with E-state index in [9.17, 15) is 8.42 Å². The molecule has 0 spiro atoms. The molecule has 0 aliphatic heterocycles. The van der Waals surface area contributed by atoms with Gasteiger partial charge >= 0.3 is 0 Å². The summed E-state index contributed by atoms with van der Waals surface area (Å²) in [6.45, 7) is 0.144. The van der Waals surface area contributed by atoms with E-state index in [1.54, 1.807) is 6.07 Å². The first-order valence-electron chi connectivity index (χ1n) is 5.08. The maximum Gasteiger partial charge on any atom is 0.244 e.